The predicted molar refractivity (Wildman–Crippen MR) is 85.9 cm³/mol. The molecule has 0 atom stereocenters. The van der Waals surface area contributed by atoms with Gasteiger partial charge in [-0.15, -0.1) is 0 Å². The van der Waals surface area contributed by atoms with Crippen molar-refractivity contribution < 1.29 is 14.4 Å². The third-order valence-corrected chi connectivity index (χ3v) is 3.58. The van der Waals surface area contributed by atoms with Crippen LogP contribution in [0.2, 0.25) is 0 Å². The number of para-hydroxylation sites is 1. The molecule has 0 unspecified atom stereocenters. The van der Waals surface area contributed by atoms with E-state index < -0.39 is 5.91 Å². The number of rotatable bonds is 5. The molecule has 0 spiro atoms. The second kappa shape index (κ2) is 7.04. The number of ketones is 1. The maximum Gasteiger partial charge on any atom is 0.268 e. The zero-order valence-corrected chi connectivity index (χ0v) is 13.4. The maximum atomic E-state index is 11.9. The third kappa shape index (κ3) is 4.05. The number of Topliss-reactive ketones (excluding diaryl/α,β-unsaturated/α-hetero) is 1. The summed E-state index contributed by atoms with van der Waals surface area (Å²) in [5.41, 5.74) is 1.28. The molecule has 22 heavy (non-hydrogen) atoms. The number of amides is 2. The van der Waals surface area contributed by atoms with Crippen molar-refractivity contribution in [2.45, 2.75) is 6.92 Å². The van der Waals surface area contributed by atoms with Crippen molar-refractivity contribution >= 4 is 39.2 Å². The Labute approximate surface area is 135 Å². The van der Waals surface area contributed by atoms with Gasteiger partial charge < -0.3 is 15.6 Å². The van der Waals surface area contributed by atoms with E-state index in [1.807, 2.05) is 6.07 Å². The number of hydrogen-bond donors (Lipinski definition) is 3. The zero-order valence-electron chi connectivity index (χ0n) is 11.8. The van der Waals surface area contributed by atoms with Crippen molar-refractivity contribution in [3.8, 4) is 0 Å². The summed E-state index contributed by atoms with van der Waals surface area (Å²) in [6.45, 7) is 1.24. The highest BCUT2D eigenvalue weighted by Gasteiger charge is 2.12. The zero-order chi connectivity index (χ0) is 16.1. The predicted octanol–water partition coefficient (Wildman–Crippen LogP) is 2.35. The van der Waals surface area contributed by atoms with Crippen molar-refractivity contribution in [1.29, 1.82) is 0 Å². The minimum Gasteiger partial charge on any atom is -0.356 e. The molecule has 114 valence electrons. The van der Waals surface area contributed by atoms with Gasteiger partial charge in [-0.25, -0.2) is 0 Å². The van der Waals surface area contributed by atoms with Gasteiger partial charge in [-0.2, -0.15) is 0 Å². The first-order chi connectivity index (χ1) is 10.5. The lowest BCUT2D eigenvalue weighted by Gasteiger charge is -2.07. The Kier molecular flexibility index (Phi) is 5.11. The summed E-state index contributed by atoms with van der Waals surface area (Å²) >= 11 is 3.32. The van der Waals surface area contributed by atoms with Gasteiger partial charge in [-0.1, -0.05) is 12.1 Å². The van der Waals surface area contributed by atoms with E-state index in [-0.39, 0.29) is 23.9 Å². The Morgan fingerprint density at radius 3 is 2.59 bits per heavy atom. The van der Waals surface area contributed by atoms with Crippen LogP contribution < -0.4 is 10.6 Å². The van der Waals surface area contributed by atoms with Gasteiger partial charge in [0.2, 0.25) is 5.91 Å². The summed E-state index contributed by atoms with van der Waals surface area (Å²) in [7, 11) is 0. The van der Waals surface area contributed by atoms with Crippen LogP contribution in [0.3, 0.4) is 0 Å². The van der Waals surface area contributed by atoms with Gasteiger partial charge >= 0.3 is 0 Å². The van der Waals surface area contributed by atoms with Crippen LogP contribution in [0.25, 0.3) is 0 Å². The Morgan fingerprint density at radius 1 is 1.23 bits per heavy atom. The van der Waals surface area contributed by atoms with Gasteiger partial charge in [-0.3, -0.25) is 14.4 Å². The number of hydrogen-bond acceptors (Lipinski definition) is 3. The Balaban J connectivity index is 1.89. The molecule has 1 aromatic carbocycles. The lowest BCUT2D eigenvalue weighted by atomic mass is 10.2. The van der Waals surface area contributed by atoms with Crippen LogP contribution in [0, 0.1) is 0 Å². The smallest absolute Gasteiger partial charge is 0.268 e. The molecule has 3 N–H and O–H groups in total. The number of benzene rings is 1. The lowest BCUT2D eigenvalue weighted by Crippen LogP contribution is -2.33. The van der Waals surface area contributed by atoms with Crippen molar-refractivity contribution in [2.24, 2.45) is 0 Å². The van der Waals surface area contributed by atoms with Crippen molar-refractivity contribution in [3.05, 3.63) is 52.3 Å². The molecule has 2 rings (SSSR count). The van der Waals surface area contributed by atoms with E-state index in [4.69, 9.17) is 0 Å². The molecule has 6 nitrogen and oxygen atoms in total. The van der Waals surface area contributed by atoms with Crippen LogP contribution in [-0.2, 0) is 4.79 Å². The average Bonchev–Trinajstić information content (AvgIpc) is 2.97. The number of aromatic nitrogens is 1. The van der Waals surface area contributed by atoms with Gasteiger partial charge in [0.15, 0.2) is 5.78 Å². The summed E-state index contributed by atoms with van der Waals surface area (Å²) in [6.07, 6.45) is 1.46. The first kappa shape index (κ1) is 16.0. The SMILES string of the molecule is CC(=O)c1c[nH]c(C(=O)NCC(=O)Nc2ccccc2Br)c1. The average molecular weight is 364 g/mol. The number of carbonyl (C=O) groups excluding carboxylic acids is 3. The number of anilines is 1. The molecule has 2 aromatic rings. The molecule has 2 amide bonds. The highest BCUT2D eigenvalue weighted by molar-refractivity contribution is 9.10. The van der Waals surface area contributed by atoms with Crippen molar-refractivity contribution in [1.82, 2.24) is 10.3 Å². The van der Waals surface area contributed by atoms with Crippen molar-refractivity contribution in [2.75, 3.05) is 11.9 Å². The fraction of sp³-hybridized carbons (Fsp3) is 0.133. The first-order valence-electron chi connectivity index (χ1n) is 6.49. The molecule has 0 bridgehead atoms. The summed E-state index contributed by atoms with van der Waals surface area (Å²) < 4.78 is 0.755. The highest BCUT2D eigenvalue weighted by atomic mass is 79.9. The van der Waals surface area contributed by atoms with E-state index in [1.54, 1.807) is 18.2 Å². The van der Waals surface area contributed by atoms with Crippen LogP contribution in [0.1, 0.15) is 27.8 Å². The Bertz CT molecular complexity index is 724. The molecule has 1 aromatic heterocycles. The minimum absolute atomic E-state index is 0.137. The van der Waals surface area contributed by atoms with Gasteiger partial charge in [0, 0.05) is 16.2 Å². The molecular weight excluding hydrogens is 350 g/mol. The fourth-order valence-corrected chi connectivity index (χ4v) is 2.13. The second-order valence-electron chi connectivity index (χ2n) is 4.57. The van der Waals surface area contributed by atoms with Gasteiger partial charge in [0.25, 0.3) is 5.91 Å². The molecule has 0 aliphatic heterocycles. The molecule has 0 saturated heterocycles. The number of nitrogens with one attached hydrogen (secondary N) is 3. The highest BCUT2D eigenvalue weighted by Crippen LogP contribution is 2.20. The van der Waals surface area contributed by atoms with Crippen LogP contribution in [-0.4, -0.2) is 29.1 Å². The van der Waals surface area contributed by atoms with E-state index in [0.717, 1.165) is 4.47 Å². The molecule has 0 aliphatic carbocycles. The van der Waals surface area contributed by atoms with E-state index >= 15 is 0 Å². The van der Waals surface area contributed by atoms with Crippen LogP contribution in [0.15, 0.2) is 41.0 Å². The van der Waals surface area contributed by atoms with Crippen molar-refractivity contribution in [3.63, 3.8) is 0 Å². The first-order valence-corrected chi connectivity index (χ1v) is 7.28. The van der Waals surface area contributed by atoms with Crippen LogP contribution >= 0.6 is 15.9 Å². The van der Waals surface area contributed by atoms with Crippen LogP contribution in [0.5, 0.6) is 0 Å². The summed E-state index contributed by atoms with van der Waals surface area (Å²) in [6, 6.07) is 8.62. The molecule has 7 heteroatoms. The largest absolute Gasteiger partial charge is 0.356 e. The third-order valence-electron chi connectivity index (χ3n) is 2.89. The maximum absolute atomic E-state index is 11.9. The Morgan fingerprint density at radius 2 is 1.95 bits per heavy atom. The molecule has 1 heterocycles. The standard InChI is InChI=1S/C15H14BrN3O3/c1-9(20)10-6-13(17-7-10)15(22)18-8-14(21)19-12-5-3-2-4-11(12)16/h2-7,17H,8H2,1H3,(H,18,22)(H,19,21). The number of H-pyrrole nitrogens is 1. The van der Waals surface area contributed by atoms with Gasteiger partial charge in [-0.05, 0) is 41.1 Å². The number of halogens is 1. The summed E-state index contributed by atoms with van der Waals surface area (Å²) in [5, 5.41) is 5.16. The molecule has 0 saturated carbocycles. The monoisotopic (exact) mass is 363 g/mol. The summed E-state index contributed by atoms with van der Waals surface area (Å²) in [4.78, 5) is 37.5. The number of aromatic amines is 1. The second-order valence-corrected chi connectivity index (χ2v) is 5.42. The van der Waals surface area contributed by atoms with E-state index in [1.165, 1.54) is 19.2 Å². The summed E-state index contributed by atoms with van der Waals surface area (Å²) in [5.74, 6) is -0.935. The fourth-order valence-electron chi connectivity index (χ4n) is 1.74. The van der Waals surface area contributed by atoms with Gasteiger partial charge in [0.05, 0.1) is 12.2 Å². The Hall–Kier alpha value is -2.41. The number of carbonyl (C=O) groups is 3. The molecule has 0 fully saturated rings. The van der Waals surface area contributed by atoms with E-state index in [2.05, 4.69) is 31.5 Å². The normalized spacial score (nSPS) is 10.1. The quantitative estimate of drug-likeness (QED) is 0.712. The van der Waals surface area contributed by atoms with E-state index in [0.29, 0.717) is 11.3 Å². The topological polar surface area (TPSA) is 91.1 Å². The minimum atomic E-state index is -0.449. The van der Waals surface area contributed by atoms with Crippen LogP contribution in [0.4, 0.5) is 5.69 Å². The van der Waals surface area contributed by atoms with Gasteiger partial charge in [0.1, 0.15) is 5.69 Å². The lowest BCUT2D eigenvalue weighted by molar-refractivity contribution is -0.115. The van der Waals surface area contributed by atoms with E-state index in [9.17, 15) is 14.4 Å². The molecule has 0 aliphatic rings. The molecule has 0 radical (unpaired) electrons. The molecular formula is C15H14BrN3O3.